The number of hydrogen-bond acceptors (Lipinski definition) is 7. The standard InChI is InChI=1S/C50H83NO7/c1-6-8-10-12-14-16-18-20-22-23-24-25-26-27-29-31-33-35-37-39-41-49(53)58-46(44-56-43-42-47(50(54)55)51(3,4)5)45-57-48(52)40-38-36-34-32-30-28-21-19-17-15-13-11-9-7-2/h8,10,14,16,20,22,24-25,27-30,33,35,46-47H,6-7,9,11-13,15,17-19,21,23,26,31-32,34,36-45H2,1-5H3/b10-8+,16-14+,22-20+,25-24+,29-27+,30-28+,35-33+. The van der Waals surface area contributed by atoms with Gasteiger partial charge in [0.15, 0.2) is 6.10 Å². The second-order valence-corrected chi connectivity index (χ2v) is 15.9. The van der Waals surface area contributed by atoms with Crippen LogP contribution in [0.15, 0.2) is 85.1 Å². The van der Waals surface area contributed by atoms with Crippen molar-refractivity contribution >= 4 is 17.9 Å². The van der Waals surface area contributed by atoms with Gasteiger partial charge >= 0.3 is 11.9 Å². The zero-order valence-electron chi connectivity index (χ0n) is 37.4. The number of quaternary nitrogens is 1. The summed E-state index contributed by atoms with van der Waals surface area (Å²) in [6.07, 6.45) is 51.9. The summed E-state index contributed by atoms with van der Waals surface area (Å²) in [5.74, 6) is -1.84. The Balaban J connectivity index is 4.48. The topological polar surface area (TPSA) is 102 Å². The van der Waals surface area contributed by atoms with Gasteiger partial charge in [-0.1, -0.05) is 144 Å². The fourth-order valence-corrected chi connectivity index (χ4v) is 6.02. The summed E-state index contributed by atoms with van der Waals surface area (Å²) in [5, 5.41) is 11.6. The third-order valence-corrected chi connectivity index (χ3v) is 9.52. The van der Waals surface area contributed by atoms with Crippen molar-refractivity contribution in [3.63, 3.8) is 0 Å². The first-order valence-corrected chi connectivity index (χ1v) is 22.6. The zero-order chi connectivity index (χ0) is 42.8. The number of carbonyl (C=O) groups is 3. The van der Waals surface area contributed by atoms with E-state index >= 15 is 0 Å². The van der Waals surface area contributed by atoms with Crippen LogP contribution >= 0.6 is 0 Å². The first kappa shape index (κ1) is 54.5. The number of rotatable bonds is 39. The maximum atomic E-state index is 12.7. The number of allylic oxidation sites excluding steroid dienone is 14. The lowest BCUT2D eigenvalue weighted by Crippen LogP contribution is -2.55. The maximum Gasteiger partial charge on any atom is 0.306 e. The van der Waals surface area contributed by atoms with Crippen molar-refractivity contribution in [2.45, 2.75) is 174 Å². The molecule has 0 heterocycles. The highest BCUT2D eigenvalue weighted by molar-refractivity contribution is 5.70. The Kier molecular flexibility index (Phi) is 37.9. The highest BCUT2D eigenvalue weighted by Crippen LogP contribution is 2.12. The molecule has 0 saturated heterocycles. The lowest BCUT2D eigenvalue weighted by molar-refractivity contribution is -0.889. The number of carboxylic acids is 1. The molecule has 0 fully saturated rings. The molecule has 0 aromatic rings. The normalized spacial score (nSPS) is 13.7. The van der Waals surface area contributed by atoms with Crippen molar-refractivity contribution in [3.8, 4) is 0 Å². The number of aliphatic carboxylic acids is 1. The summed E-state index contributed by atoms with van der Waals surface area (Å²) < 4.78 is 17.1. The number of carbonyl (C=O) groups excluding carboxylic acids is 3. The number of unbranched alkanes of at least 4 members (excludes halogenated alkanes) is 11. The van der Waals surface area contributed by atoms with Crippen molar-refractivity contribution < 1.29 is 38.2 Å². The van der Waals surface area contributed by atoms with E-state index in [9.17, 15) is 19.5 Å². The van der Waals surface area contributed by atoms with E-state index in [2.05, 4.69) is 98.9 Å². The Morgan fingerprint density at radius 3 is 1.50 bits per heavy atom. The number of ether oxygens (including phenoxy) is 3. The Bertz CT molecular complexity index is 1220. The van der Waals surface area contributed by atoms with Gasteiger partial charge in [0.25, 0.3) is 0 Å². The predicted molar refractivity (Wildman–Crippen MR) is 240 cm³/mol. The summed E-state index contributed by atoms with van der Waals surface area (Å²) in [5.41, 5.74) is 0. The first-order valence-electron chi connectivity index (χ1n) is 22.6. The zero-order valence-corrected chi connectivity index (χ0v) is 37.4. The van der Waals surface area contributed by atoms with Gasteiger partial charge in [0.1, 0.15) is 12.6 Å². The molecular formula is C50H83NO7. The molecule has 0 bridgehead atoms. The molecule has 330 valence electrons. The molecule has 58 heavy (non-hydrogen) atoms. The minimum Gasteiger partial charge on any atom is -0.544 e. The summed E-state index contributed by atoms with van der Waals surface area (Å²) in [4.78, 5) is 36.8. The van der Waals surface area contributed by atoms with E-state index in [0.717, 1.165) is 77.0 Å². The van der Waals surface area contributed by atoms with Crippen LogP contribution < -0.4 is 5.11 Å². The molecule has 0 aliphatic carbocycles. The van der Waals surface area contributed by atoms with E-state index in [-0.39, 0.29) is 49.1 Å². The van der Waals surface area contributed by atoms with Gasteiger partial charge < -0.3 is 28.6 Å². The third kappa shape index (κ3) is 38.1. The fraction of sp³-hybridized carbons (Fsp3) is 0.660. The lowest BCUT2D eigenvalue weighted by Gasteiger charge is -2.34. The van der Waals surface area contributed by atoms with Crippen LogP contribution in [-0.4, -0.2) is 75.5 Å². The summed E-state index contributed by atoms with van der Waals surface area (Å²) in [7, 11) is 5.37. The van der Waals surface area contributed by atoms with E-state index < -0.39 is 18.1 Å². The van der Waals surface area contributed by atoms with E-state index in [4.69, 9.17) is 14.2 Å². The fourth-order valence-electron chi connectivity index (χ4n) is 6.02. The highest BCUT2D eigenvalue weighted by atomic mass is 16.6. The van der Waals surface area contributed by atoms with Crippen LogP contribution in [0.2, 0.25) is 0 Å². The monoisotopic (exact) mass is 810 g/mol. The van der Waals surface area contributed by atoms with Crippen LogP contribution in [0.4, 0.5) is 0 Å². The summed E-state index contributed by atoms with van der Waals surface area (Å²) >= 11 is 0. The van der Waals surface area contributed by atoms with Crippen molar-refractivity contribution in [2.24, 2.45) is 0 Å². The van der Waals surface area contributed by atoms with Crippen molar-refractivity contribution in [3.05, 3.63) is 85.1 Å². The smallest absolute Gasteiger partial charge is 0.306 e. The molecule has 0 aliphatic heterocycles. The summed E-state index contributed by atoms with van der Waals surface area (Å²) in [6.45, 7) is 4.45. The number of hydrogen-bond donors (Lipinski definition) is 0. The molecule has 0 rings (SSSR count). The van der Waals surface area contributed by atoms with Crippen LogP contribution in [0.25, 0.3) is 0 Å². The molecule has 2 atom stereocenters. The van der Waals surface area contributed by atoms with Gasteiger partial charge in [-0.15, -0.1) is 0 Å². The number of carboxylic acid groups (broad SMARTS) is 1. The van der Waals surface area contributed by atoms with Gasteiger partial charge in [-0.25, -0.2) is 0 Å². The van der Waals surface area contributed by atoms with Crippen molar-refractivity contribution in [2.75, 3.05) is 41.0 Å². The van der Waals surface area contributed by atoms with E-state index in [1.807, 2.05) is 0 Å². The van der Waals surface area contributed by atoms with Crippen LogP contribution in [0, 0.1) is 0 Å². The SMILES string of the molecule is CC/C=C/C/C=C/C/C=C/C/C=C/C/C=C/C/C=C/CCCC(=O)OC(COCCC(C(=O)[O-])[N+](C)(C)C)COC(=O)CCCCC/C=C/CCCCCCCCC. The predicted octanol–water partition coefficient (Wildman–Crippen LogP) is 11.2. The molecule has 0 saturated carbocycles. The molecule has 0 aromatic carbocycles. The number of nitrogens with zero attached hydrogens (tertiary/aromatic N) is 1. The van der Waals surface area contributed by atoms with E-state index in [0.29, 0.717) is 12.8 Å². The lowest BCUT2D eigenvalue weighted by atomic mass is 10.1. The van der Waals surface area contributed by atoms with Gasteiger partial charge in [-0.3, -0.25) is 9.59 Å². The second-order valence-electron chi connectivity index (χ2n) is 15.9. The minimum absolute atomic E-state index is 0.00821. The highest BCUT2D eigenvalue weighted by Gasteiger charge is 2.25. The molecule has 8 nitrogen and oxygen atoms in total. The van der Waals surface area contributed by atoms with Gasteiger partial charge in [0, 0.05) is 19.3 Å². The first-order chi connectivity index (χ1) is 28.1. The number of esters is 2. The molecule has 0 radical (unpaired) electrons. The van der Waals surface area contributed by atoms with Gasteiger partial charge in [-0.2, -0.15) is 0 Å². The molecule has 0 N–H and O–H groups in total. The second kappa shape index (κ2) is 40.3. The summed E-state index contributed by atoms with van der Waals surface area (Å²) in [6, 6.07) is -0.742. The molecule has 0 aromatic heterocycles. The van der Waals surface area contributed by atoms with Crippen LogP contribution in [-0.2, 0) is 28.6 Å². The molecule has 8 heteroatoms. The van der Waals surface area contributed by atoms with Crippen molar-refractivity contribution in [1.82, 2.24) is 0 Å². The Labute approximate surface area is 354 Å². The third-order valence-electron chi connectivity index (χ3n) is 9.52. The molecule has 0 spiro atoms. The average Bonchev–Trinajstić information content (AvgIpc) is 3.18. The van der Waals surface area contributed by atoms with Gasteiger partial charge in [-0.05, 0) is 83.5 Å². The van der Waals surface area contributed by atoms with Crippen LogP contribution in [0.5, 0.6) is 0 Å². The van der Waals surface area contributed by atoms with Crippen LogP contribution in [0.1, 0.15) is 162 Å². The van der Waals surface area contributed by atoms with Crippen LogP contribution in [0.3, 0.4) is 0 Å². The quantitative estimate of drug-likeness (QED) is 0.0264. The van der Waals surface area contributed by atoms with E-state index in [1.54, 1.807) is 21.1 Å². The largest absolute Gasteiger partial charge is 0.544 e. The molecule has 0 aliphatic rings. The Morgan fingerprint density at radius 1 is 0.534 bits per heavy atom. The molecular weight excluding hydrogens is 727 g/mol. The average molecular weight is 810 g/mol. The van der Waals surface area contributed by atoms with Gasteiger partial charge in [0.05, 0.1) is 40.3 Å². The Morgan fingerprint density at radius 2 is 0.983 bits per heavy atom. The van der Waals surface area contributed by atoms with E-state index in [1.165, 1.54) is 44.9 Å². The Hall–Kier alpha value is -3.49. The van der Waals surface area contributed by atoms with Crippen molar-refractivity contribution in [1.29, 1.82) is 0 Å². The number of likely N-dealkylation sites (N-methyl/N-ethyl adjacent to an activating group) is 1. The van der Waals surface area contributed by atoms with Gasteiger partial charge in [0.2, 0.25) is 0 Å². The maximum absolute atomic E-state index is 12.7. The minimum atomic E-state index is -1.14. The molecule has 2 unspecified atom stereocenters. The molecule has 0 amide bonds.